The molecule has 0 aromatic heterocycles. The van der Waals surface area contributed by atoms with Crippen molar-refractivity contribution in [1.29, 1.82) is 0 Å². The van der Waals surface area contributed by atoms with E-state index in [0.717, 1.165) is 49.1 Å². The van der Waals surface area contributed by atoms with Crippen LogP contribution in [0.3, 0.4) is 0 Å². The first-order valence-corrected chi connectivity index (χ1v) is 10.5. The highest BCUT2D eigenvalue weighted by Crippen LogP contribution is 2.22. The van der Waals surface area contributed by atoms with Gasteiger partial charge in [0.2, 0.25) is 0 Å². The second-order valence-corrected chi connectivity index (χ2v) is 7.25. The van der Waals surface area contributed by atoms with E-state index < -0.39 is 5.97 Å². The number of benzene rings is 2. The molecule has 30 heavy (non-hydrogen) atoms. The normalized spacial score (nSPS) is 15.6. The molecule has 1 aliphatic heterocycles. The minimum Gasteiger partial charge on any atom is -0.491 e. The Kier molecular flexibility index (Phi) is 7.85. The van der Waals surface area contributed by atoms with Crippen LogP contribution in [-0.2, 0) is 27.1 Å². The molecule has 1 aliphatic rings. The van der Waals surface area contributed by atoms with Crippen molar-refractivity contribution < 1.29 is 23.8 Å². The maximum absolute atomic E-state index is 12.3. The zero-order valence-electron chi connectivity index (χ0n) is 17.6. The fourth-order valence-electron chi connectivity index (χ4n) is 3.45. The smallest absolute Gasteiger partial charge is 0.338 e. The first kappa shape index (κ1) is 21.8. The Morgan fingerprint density at radius 1 is 1.07 bits per heavy atom. The highest BCUT2D eigenvalue weighted by molar-refractivity contribution is 5.96. The van der Waals surface area contributed by atoms with E-state index in [9.17, 15) is 9.59 Å². The van der Waals surface area contributed by atoms with Crippen molar-refractivity contribution in [2.75, 3.05) is 25.1 Å². The van der Waals surface area contributed by atoms with Gasteiger partial charge in [-0.2, -0.15) is 0 Å². The lowest BCUT2D eigenvalue weighted by Crippen LogP contribution is -2.22. The Labute approximate surface area is 177 Å². The monoisotopic (exact) mass is 411 g/mol. The van der Waals surface area contributed by atoms with E-state index in [0.29, 0.717) is 17.9 Å². The molecule has 1 saturated heterocycles. The lowest BCUT2D eigenvalue weighted by molar-refractivity contribution is -0.119. The summed E-state index contributed by atoms with van der Waals surface area (Å²) in [5.74, 6) is -0.228. The Bertz CT molecular complexity index is 834. The van der Waals surface area contributed by atoms with Crippen LogP contribution in [0.4, 0.5) is 5.69 Å². The quantitative estimate of drug-likeness (QED) is 0.627. The van der Waals surface area contributed by atoms with Crippen molar-refractivity contribution in [3.05, 3.63) is 59.2 Å². The van der Waals surface area contributed by atoms with E-state index in [1.54, 1.807) is 24.3 Å². The molecule has 6 nitrogen and oxygen atoms in total. The minimum atomic E-state index is -0.546. The van der Waals surface area contributed by atoms with E-state index in [1.165, 1.54) is 0 Å². The van der Waals surface area contributed by atoms with Gasteiger partial charge in [-0.25, -0.2) is 4.79 Å². The van der Waals surface area contributed by atoms with Gasteiger partial charge in [0.1, 0.15) is 12.4 Å². The molecule has 1 amide bonds. The molecule has 0 radical (unpaired) electrons. The molecule has 1 N–H and O–H groups in total. The Hall–Kier alpha value is -2.86. The summed E-state index contributed by atoms with van der Waals surface area (Å²) in [6.45, 7) is 5.04. The third-order valence-corrected chi connectivity index (χ3v) is 5.15. The van der Waals surface area contributed by atoms with Crippen molar-refractivity contribution in [2.24, 2.45) is 0 Å². The lowest BCUT2D eigenvalue weighted by atomic mass is 10.0. The number of anilines is 1. The van der Waals surface area contributed by atoms with Crippen LogP contribution >= 0.6 is 0 Å². The van der Waals surface area contributed by atoms with Crippen LogP contribution in [-0.4, -0.2) is 37.8 Å². The van der Waals surface area contributed by atoms with Crippen LogP contribution in [0.5, 0.6) is 5.75 Å². The van der Waals surface area contributed by atoms with Crippen LogP contribution in [0.15, 0.2) is 42.5 Å². The predicted octanol–water partition coefficient (Wildman–Crippen LogP) is 4.16. The summed E-state index contributed by atoms with van der Waals surface area (Å²) in [6.07, 6.45) is 3.83. The summed E-state index contributed by atoms with van der Waals surface area (Å²) in [5, 5.41) is 2.89. The molecule has 3 rings (SSSR count). The summed E-state index contributed by atoms with van der Waals surface area (Å²) in [5.41, 5.74) is 3.31. The van der Waals surface area contributed by atoms with Gasteiger partial charge in [0.05, 0.1) is 11.7 Å². The number of amides is 1. The molecule has 6 heteroatoms. The molecule has 0 bridgehead atoms. The zero-order valence-corrected chi connectivity index (χ0v) is 17.6. The van der Waals surface area contributed by atoms with Gasteiger partial charge < -0.3 is 19.5 Å². The SMILES string of the molecule is CCc1cccc(CC)c1NC(=O)COC(=O)c1ccc(OC[C@@H]2CCCO2)cc1. The lowest BCUT2D eigenvalue weighted by Gasteiger charge is -2.14. The number of aryl methyl sites for hydroxylation is 2. The van der Waals surface area contributed by atoms with Gasteiger partial charge in [-0.3, -0.25) is 4.79 Å². The van der Waals surface area contributed by atoms with Crippen LogP contribution in [0.2, 0.25) is 0 Å². The number of carbonyl (C=O) groups is 2. The minimum absolute atomic E-state index is 0.138. The zero-order chi connectivity index (χ0) is 21.3. The van der Waals surface area contributed by atoms with Crippen LogP contribution in [0.1, 0.15) is 48.2 Å². The van der Waals surface area contributed by atoms with Gasteiger partial charge >= 0.3 is 5.97 Å². The largest absolute Gasteiger partial charge is 0.491 e. The first-order chi connectivity index (χ1) is 14.6. The van der Waals surface area contributed by atoms with Gasteiger partial charge in [-0.1, -0.05) is 32.0 Å². The second-order valence-electron chi connectivity index (χ2n) is 7.25. The maximum Gasteiger partial charge on any atom is 0.338 e. The summed E-state index contributed by atoms with van der Waals surface area (Å²) in [6, 6.07) is 12.7. The second kappa shape index (κ2) is 10.8. The van der Waals surface area contributed by atoms with E-state index in [1.807, 2.05) is 32.0 Å². The molecule has 1 fully saturated rings. The fraction of sp³-hybridized carbons (Fsp3) is 0.417. The predicted molar refractivity (Wildman–Crippen MR) is 115 cm³/mol. The standard InChI is InChI=1S/C24H29NO5/c1-3-17-7-5-8-18(4-2)23(17)25-22(26)16-30-24(27)19-10-12-20(13-11-19)29-15-21-9-6-14-28-21/h5,7-8,10-13,21H,3-4,6,9,14-16H2,1-2H3,(H,25,26)/t21-/m0/s1. The van der Waals surface area contributed by atoms with Crippen molar-refractivity contribution in [3.63, 3.8) is 0 Å². The molecule has 0 saturated carbocycles. The summed E-state index contributed by atoms with van der Waals surface area (Å²) in [4.78, 5) is 24.6. The van der Waals surface area contributed by atoms with E-state index in [2.05, 4.69) is 5.32 Å². The third-order valence-electron chi connectivity index (χ3n) is 5.15. The van der Waals surface area contributed by atoms with Crippen molar-refractivity contribution in [1.82, 2.24) is 0 Å². The highest BCUT2D eigenvalue weighted by Gasteiger charge is 2.17. The maximum atomic E-state index is 12.3. The number of para-hydroxylation sites is 1. The molecule has 2 aromatic carbocycles. The topological polar surface area (TPSA) is 73.9 Å². The van der Waals surface area contributed by atoms with Gasteiger partial charge in [-0.05, 0) is 61.1 Å². The van der Waals surface area contributed by atoms with Crippen molar-refractivity contribution in [3.8, 4) is 5.75 Å². The molecular formula is C24H29NO5. The van der Waals surface area contributed by atoms with Gasteiger partial charge in [0.25, 0.3) is 5.91 Å². The number of ether oxygens (including phenoxy) is 3. The third kappa shape index (κ3) is 5.83. The van der Waals surface area contributed by atoms with E-state index >= 15 is 0 Å². The number of carbonyl (C=O) groups excluding carboxylic acids is 2. The van der Waals surface area contributed by atoms with Crippen LogP contribution in [0, 0.1) is 0 Å². The first-order valence-electron chi connectivity index (χ1n) is 10.5. The molecule has 2 aromatic rings. The molecule has 1 heterocycles. The van der Waals surface area contributed by atoms with Gasteiger partial charge in [-0.15, -0.1) is 0 Å². The van der Waals surface area contributed by atoms with E-state index in [-0.39, 0.29) is 18.6 Å². The van der Waals surface area contributed by atoms with Gasteiger partial charge in [0.15, 0.2) is 6.61 Å². The van der Waals surface area contributed by atoms with Crippen LogP contribution < -0.4 is 10.1 Å². The number of esters is 1. The summed E-state index contributed by atoms with van der Waals surface area (Å²) >= 11 is 0. The van der Waals surface area contributed by atoms with E-state index in [4.69, 9.17) is 14.2 Å². The highest BCUT2D eigenvalue weighted by atomic mass is 16.5. The molecule has 160 valence electrons. The molecule has 0 spiro atoms. The number of nitrogens with one attached hydrogen (secondary N) is 1. The Balaban J connectivity index is 1.49. The average Bonchev–Trinajstić information content (AvgIpc) is 3.30. The molecular weight excluding hydrogens is 382 g/mol. The molecule has 0 unspecified atom stereocenters. The molecule has 0 aliphatic carbocycles. The van der Waals surface area contributed by atoms with Crippen molar-refractivity contribution >= 4 is 17.6 Å². The fourth-order valence-corrected chi connectivity index (χ4v) is 3.45. The average molecular weight is 411 g/mol. The molecule has 1 atom stereocenters. The van der Waals surface area contributed by atoms with Gasteiger partial charge in [0, 0.05) is 12.3 Å². The Morgan fingerprint density at radius 2 is 1.77 bits per heavy atom. The summed E-state index contributed by atoms with van der Waals surface area (Å²) < 4.78 is 16.4. The number of rotatable bonds is 9. The Morgan fingerprint density at radius 3 is 2.37 bits per heavy atom. The summed E-state index contributed by atoms with van der Waals surface area (Å²) in [7, 11) is 0. The number of hydrogen-bond acceptors (Lipinski definition) is 5. The van der Waals surface area contributed by atoms with Crippen molar-refractivity contribution in [2.45, 2.75) is 45.6 Å². The number of hydrogen-bond donors (Lipinski definition) is 1. The van der Waals surface area contributed by atoms with Crippen LogP contribution in [0.25, 0.3) is 0 Å².